The minimum absolute atomic E-state index is 0.0623. The van der Waals surface area contributed by atoms with E-state index in [1.807, 2.05) is 13.8 Å². The number of aromatic nitrogens is 3. The van der Waals surface area contributed by atoms with Crippen LogP contribution in [0.25, 0.3) is 0 Å². The van der Waals surface area contributed by atoms with E-state index in [4.69, 9.17) is 5.11 Å². The summed E-state index contributed by atoms with van der Waals surface area (Å²) in [5.74, 6) is -0.377. The fraction of sp³-hybridized carbons (Fsp3) is 0.556. The van der Waals surface area contributed by atoms with Crippen molar-refractivity contribution in [1.82, 2.24) is 15.2 Å². The summed E-state index contributed by atoms with van der Waals surface area (Å²) in [5, 5.41) is 16.3. The predicted octanol–water partition coefficient (Wildman–Crippen LogP) is 0.399. The quantitative estimate of drug-likeness (QED) is 0.774. The lowest BCUT2D eigenvalue weighted by Crippen LogP contribution is -2.24. The highest BCUT2D eigenvalue weighted by Gasteiger charge is 2.08. The average Bonchev–Trinajstić information content (AvgIpc) is 2.18. The summed E-state index contributed by atoms with van der Waals surface area (Å²) in [6, 6.07) is 0. The van der Waals surface area contributed by atoms with Gasteiger partial charge in [0.1, 0.15) is 0 Å². The highest BCUT2D eigenvalue weighted by Crippen LogP contribution is 2.06. The van der Waals surface area contributed by atoms with Crippen molar-refractivity contribution < 1.29 is 9.90 Å². The average molecular weight is 210 g/mol. The summed E-state index contributed by atoms with van der Waals surface area (Å²) in [4.78, 5) is 16.3. The monoisotopic (exact) mass is 210 g/mol. The third kappa shape index (κ3) is 3.16. The van der Waals surface area contributed by atoms with Crippen molar-refractivity contribution in [2.45, 2.75) is 20.3 Å². The van der Waals surface area contributed by atoms with Gasteiger partial charge < -0.3 is 10.0 Å². The molecule has 0 bridgehead atoms. The Bertz CT molecular complexity index is 367. The Labute approximate surface area is 88.0 Å². The molecule has 15 heavy (non-hydrogen) atoms. The summed E-state index contributed by atoms with van der Waals surface area (Å²) in [6.45, 7) is 4.05. The zero-order valence-electron chi connectivity index (χ0n) is 9.06. The Morgan fingerprint density at radius 3 is 2.53 bits per heavy atom. The van der Waals surface area contributed by atoms with Crippen LogP contribution in [0.5, 0.6) is 0 Å². The van der Waals surface area contributed by atoms with Crippen molar-refractivity contribution in [2.75, 3.05) is 18.5 Å². The second-order valence-corrected chi connectivity index (χ2v) is 3.35. The van der Waals surface area contributed by atoms with E-state index in [9.17, 15) is 4.79 Å². The number of carbonyl (C=O) groups is 1. The van der Waals surface area contributed by atoms with Gasteiger partial charge in [-0.3, -0.25) is 4.79 Å². The summed E-state index contributed by atoms with van der Waals surface area (Å²) in [5.41, 5.74) is 1.59. The molecule has 0 amide bonds. The van der Waals surface area contributed by atoms with E-state index in [0.717, 1.165) is 11.4 Å². The Balaban J connectivity index is 2.69. The highest BCUT2D eigenvalue weighted by molar-refractivity contribution is 5.67. The van der Waals surface area contributed by atoms with Gasteiger partial charge in [0.2, 0.25) is 5.95 Å². The number of aliphatic carboxylic acids is 1. The molecule has 0 aliphatic rings. The van der Waals surface area contributed by atoms with Crippen LogP contribution in [0, 0.1) is 13.8 Å². The fourth-order valence-corrected chi connectivity index (χ4v) is 0.970. The van der Waals surface area contributed by atoms with Gasteiger partial charge in [-0.05, 0) is 13.8 Å². The smallest absolute Gasteiger partial charge is 0.305 e. The zero-order valence-corrected chi connectivity index (χ0v) is 9.06. The standard InChI is InChI=1S/C9H14N4O2/c1-6-7(2)11-12-9(10-6)13(3)5-4-8(14)15/h4-5H2,1-3H3,(H,14,15). The summed E-state index contributed by atoms with van der Waals surface area (Å²) < 4.78 is 0. The van der Waals surface area contributed by atoms with E-state index in [2.05, 4.69) is 15.2 Å². The van der Waals surface area contributed by atoms with Crippen molar-refractivity contribution in [3.8, 4) is 0 Å². The van der Waals surface area contributed by atoms with Gasteiger partial charge in [0.15, 0.2) is 0 Å². The number of anilines is 1. The SMILES string of the molecule is Cc1nnc(N(C)CCC(=O)O)nc1C. The number of carboxylic acids is 1. The van der Waals surface area contributed by atoms with Crippen molar-refractivity contribution in [3.63, 3.8) is 0 Å². The highest BCUT2D eigenvalue weighted by atomic mass is 16.4. The topological polar surface area (TPSA) is 79.2 Å². The third-order valence-electron chi connectivity index (χ3n) is 2.08. The largest absolute Gasteiger partial charge is 0.481 e. The van der Waals surface area contributed by atoms with Crippen LogP contribution in [0.15, 0.2) is 0 Å². The van der Waals surface area contributed by atoms with E-state index < -0.39 is 5.97 Å². The number of aryl methyl sites for hydroxylation is 2. The van der Waals surface area contributed by atoms with Gasteiger partial charge in [0, 0.05) is 13.6 Å². The molecule has 1 heterocycles. The molecule has 0 saturated carbocycles. The molecule has 0 aromatic carbocycles. The maximum absolute atomic E-state index is 10.4. The van der Waals surface area contributed by atoms with Gasteiger partial charge in [-0.25, -0.2) is 4.98 Å². The first-order valence-corrected chi connectivity index (χ1v) is 4.61. The first-order chi connectivity index (χ1) is 7.00. The molecule has 6 nitrogen and oxygen atoms in total. The zero-order chi connectivity index (χ0) is 11.4. The molecule has 1 rings (SSSR count). The van der Waals surface area contributed by atoms with Gasteiger partial charge in [-0.1, -0.05) is 0 Å². The fourth-order valence-electron chi connectivity index (χ4n) is 0.970. The molecular weight excluding hydrogens is 196 g/mol. The van der Waals surface area contributed by atoms with Crippen LogP contribution in [0.2, 0.25) is 0 Å². The number of hydrogen-bond acceptors (Lipinski definition) is 5. The van der Waals surface area contributed by atoms with Crippen molar-refractivity contribution >= 4 is 11.9 Å². The first-order valence-electron chi connectivity index (χ1n) is 4.61. The lowest BCUT2D eigenvalue weighted by atomic mass is 10.4. The normalized spacial score (nSPS) is 10.1. The summed E-state index contributed by atoms with van der Waals surface area (Å²) >= 11 is 0. The van der Waals surface area contributed by atoms with Crippen LogP contribution >= 0.6 is 0 Å². The summed E-state index contributed by atoms with van der Waals surface area (Å²) in [6.07, 6.45) is 0.0623. The molecule has 1 aromatic rings. The molecule has 0 fully saturated rings. The van der Waals surface area contributed by atoms with E-state index in [1.54, 1.807) is 11.9 Å². The number of carboxylic acid groups (broad SMARTS) is 1. The van der Waals surface area contributed by atoms with Crippen LogP contribution in [0.4, 0.5) is 5.95 Å². The molecule has 0 spiro atoms. The van der Waals surface area contributed by atoms with E-state index in [0.29, 0.717) is 12.5 Å². The molecule has 1 aromatic heterocycles. The predicted molar refractivity (Wildman–Crippen MR) is 54.8 cm³/mol. The van der Waals surface area contributed by atoms with Crippen LogP contribution in [0.1, 0.15) is 17.8 Å². The second kappa shape index (κ2) is 4.68. The first kappa shape index (κ1) is 11.4. The van der Waals surface area contributed by atoms with Gasteiger partial charge in [0.05, 0.1) is 17.8 Å². The summed E-state index contributed by atoms with van der Waals surface area (Å²) in [7, 11) is 1.74. The number of rotatable bonds is 4. The van der Waals surface area contributed by atoms with Gasteiger partial charge in [-0.15, -0.1) is 5.10 Å². The van der Waals surface area contributed by atoms with Crippen molar-refractivity contribution in [3.05, 3.63) is 11.4 Å². The molecule has 6 heteroatoms. The Morgan fingerprint density at radius 1 is 1.33 bits per heavy atom. The van der Waals surface area contributed by atoms with Crippen LogP contribution in [-0.2, 0) is 4.79 Å². The van der Waals surface area contributed by atoms with E-state index in [-0.39, 0.29) is 6.42 Å². The minimum atomic E-state index is -0.835. The molecular formula is C9H14N4O2. The van der Waals surface area contributed by atoms with Crippen LogP contribution in [-0.4, -0.2) is 39.8 Å². The van der Waals surface area contributed by atoms with Gasteiger partial charge in [0.25, 0.3) is 0 Å². The van der Waals surface area contributed by atoms with Crippen LogP contribution < -0.4 is 4.90 Å². The van der Waals surface area contributed by atoms with E-state index in [1.165, 1.54) is 0 Å². The molecule has 0 radical (unpaired) electrons. The molecule has 0 atom stereocenters. The lowest BCUT2D eigenvalue weighted by Gasteiger charge is -2.15. The molecule has 0 aliphatic heterocycles. The Kier molecular flexibility index (Phi) is 3.54. The van der Waals surface area contributed by atoms with E-state index >= 15 is 0 Å². The maximum atomic E-state index is 10.4. The second-order valence-electron chi connectivity index (χ2n) is 3.35. The number of hydrogen-bond donors (Lipinski definition) is 1. The maximum Gasteiger partial charge on any atom is 0.305 e. The Hall–Kier alpha value is -1.72. The van der Waals surface area contributed by atoms with Gasteiger partial charge >= 0.3 is 5.97 Å². The number of nitrogens with zero attached hydrogens (tertiary/aromatic N) is 4. The van der Waals surface area contributed by atoms with Crippen molar-refractivity contribution in [1.29, 1.82) is 0 Å². The molecule has 1 N–H and O–H groups in total. The minimum Gasteiger partial charge on any atom is -0.481 e. The van der Waals surface area contributed by atoms with Gasteiger partial charge in [-0.2, -0.15) is 5.10 Å². The molecule has 0 aliphatic carbocycles. The lowest BCUT2D eigenvalue weighted by molar-refractivity contribution is -0.136. The van der Waals surface area contributed by atoms with Crippen LogP contribution in [0.3, 0.4) is 0 Å². The third-order valence-corrected chi connectivity index (χ3v) is 2.08. The molecule has 0 saturated heterocycles. The van der Waals surface area contributed by atoms with Crippen molar-refractivity contribution in [2.24, 2.45) is 0 Å². The molecule has 0 unspecified atom stereocenters. The Morgan fingerprint density at radius 2 is 2.00 bits per heavy atom. The molecule has 82 valence electrons.